The lowest BCUT2D eigenvalue weighted by Crippen LogP contribution is -2.32. The summed E-state index contributed by atoms with van der Waals surface area (Å²) in [5.74, 6) is -0.265. The number of anilines is 1. The van der Waals surface area contributed by atoms with Gasteiger partial charge in [0.1, 0.15) is 9.71 Å². The Bertz CT molecular complexity index is 1150. The van der Waals surface area contributed by atoms with Crippen LogP contribution in [0.4, 0.5) is 5.69 Å². The number of nitrogens with one attached hydrogen (secondary N) is 1. The van der Waals surface area contributed by atoms with Crippen LogP contribution in [-0.4, -0.2) is 34.8 Å². The van der Waals surface area contributed by atoms with Crippen LogP contribution in [0.25, 0.3) is 10.2 Å². The Hall–Kier alpha value is -2.73. The number of benzene rings is 1. The highest BCUT2D eigenvalue weighted by Crippen LogP contribution is 2.38. The number of thiophene rings is 1. The van der Waals surface area contributed by atoms with E-state index in [2.05, 4.69) is 44.9 Å². The van der Waals surface area contributed by atoms with Crippen molar-refractivity contribution in [2.45, 2.75) is 66.7 Å². The first-order chi connectivity index (χ1) is 15.6. The van der Waals surface area contributed by atoms with E-state index in [1.165, 1.54) is 16.9 Å². The molecule has 2 heterocycles. The van der Waals surface area contributed by atoms with Gasteiger partial charge < -0.3 is 10.2 Å². The average Bonchev–Trinajstić information content (AvgIpc) is 3.10. The molecule has 176 valence electrons. The molecule has 2 aromatic heterocycles. The van der Waals surface area contributed by atoms with Crippen LogP contribution in [0.5, 0.6) is 0 Å². The highest BCUT2D eigenvalue weighted by atomic mass is 32.1. The third-order valence-electron chi connectivity index (χ3n) is 5.71. The molecule has 0 unspecified atom stereocenters. The number of carbonyl (C=O) groups is 2. The van der Waals surface area contributed by atoms with Gasteiger partial charge in [-0.15, -0.1) is 11.3 Å². The molecule has 1 N–H and O–H groups in total. The van der Waals surface area contributed by atoms with Crippen LogP contribution in [0.3, 0.4) is 0 Å². The SMILES string of the molecule is CCCN(CCC)C(=O)c1sc2nc(C)cc(C)c2c1NC(=O)c1ccc(C(C)(C)C)cc1. The predicted octanol–water partition coefficient (Wildman–Crippen LogP) is 6.73. The van der Waals surface area contributed by atoms with Gasteiger partial charge in [0.25, 0.3) is 11.8 Å². The first-order valence-electron chi connectivity index (χ1n) is 11.7. The number of hydrogen-bond acceptors (Lipinski definition) is 4. The number of hydrogen-bond donors (Lipinski definition) is 1. The van der Waals surface area contributed by atoms with Gasteiger partial charge in [-0.2, -0.15) is 0 Å². The molecule has 0 atom stereocenters. The van der Waals surface area contributed by atoms with E-state index in [1.54, 1.807) is 0 Å². The van der Waals surface area contributed by atoms with Gasteiger partial charge >= 0.3 is 0 Å². The predicted molar refractivity (Wildman–Crippen MR) is 139 cm³/mol. The molecule has 33 heavy (non-hydrogen) atoms. The quantitative estimate of drug-likeness (QED) is 0.421. The summed E-state index contributed by atoms with van der Waals surface area (Å²) in [6, 6.07) is 9.68. The van der Waals surface area contributed by atoms with Crippen LogP contribution < -0.4 is 5.32 Å². The molecule has 0 spiro atoms. The van der Waals surface area contributed by atoms with Crippen LogP contribution >= 0.6 is 11.3 Å². The molecule has 0 bridgehead atoms. The molecule has 1 aromatic carbocycles. The number of fused-ring (bicyclic) bond motifs is 1. The molecule has 0 saturated carbocycles. The minimum Gasteiger partial charge on any atom is -0.338 e. The smallest absolute Gasteiger partial charge is 0.266 e. The van der Waals surface area contributed by atoms with Gasteiger partial charge in [0.15, 0.2) is 0 Å². The molecule has 6 heteroatoms. The van der Waals surface area contributed by atoms with Crippen molar-refractivity contribution in [2.75, 3.05) is 18.4 Å². The van der Waals surface area contributed by atoms with Crippen LogP contribution in [-0.2, 0) is 5.41 Å². The van der Waals surface area contributed by atoms with Crippen LogP contribution in [0.1, 0.15) is 84.3 Å². The highest BCUT2D eigenvalue weighted by Gasteiger charge is 2.26. The molecule has 0 radical (unpaired) electrons. The number of aryl methyl sites for hydroxylation is 2. The van der Waals surface area contributed by atoms with Gasteiger partial charge in [0.2, 0.25) is 0 Å². The van der Waals surface area contributed by atoms with Gasteiger partial charge in [0.05, 0.1) is 5.69 Å². The van der Waals surface area contributed by atoms with E-state index in [9.17, 15) is 9.59 Å². The van der Waals surface area contributed by atoms with Gasteiger partial charge in [-0.25, -0.2) is 4.98 Å². The van der Waals surface area contributed by atoms with E-state index in [4.69, 9.17) is 0 Å². The Morgan fingerprint density at radius 2 is 1.64 bits per heavy atom. The third kappa shape index (κ3) is 5.44. The number of aromatic nitrogens is 1. The molecular formula is C27H35N3O2S. The van der Waals surface area contributed by atoms with E-state index >= 15 is 0 Å². The Balaban J connectivity index is 2.05. The summed E-state index contributed by atoms with van der Waals surface area (Å²) >= 11 is 1.37. The molecule has 2 amide bonds. The summed E-state index contributed by atoms with van der Waals surface area (Å²) in [4.78, 5) is 34.7. The molecule has 5 nitrogen and oxygen atoms in total. The maximum atomic E-state index is 13.5. The fraction of sp³-hybridized carbons (Fsp3) is 0.444. The largest absolute Gasteiger partial charge is 0.338 e. The zero-order valence-electron chi connectivity index (χ0n) is 20.8. The Morgan fingerprint density at radius 1 is 1.03 bits per heavy atom. The maximum absolute atomic E-state index is 13.5. The second-order valence-corrected chi connectivity index (χ2v) is 10.6. The number of carbonyl (C=O) groups excluding carboxylic acids is 2. The molecule has 0 aliphatic heterocycles. The molecule has 3 aromatic rings. The van der Waals surface area contributed by atoms with Crippen molar-refractivity contribution in [3.63, 3.8) is 0 Å². The van der Waals surface area contributed by atoms with E-state index < -0.39 is 0 Å². The van der Waals surface area contributed by atoms with Crippen LogP contribution in [0, 0.1) is 13.8 Å². The Morgan fingerprint density at radius 3 is 2.18 bits per heavy atom. The Kier molecular flexibility index (Phi) is 7.58. The zero-order chi connectivity index (χ0) is 24.3. The lowest BCUT2D eigenvalue weighted by atomic mass is 9.87. The minimum absolute atomic E-state index is 0.0147. The second kappa shape index (κ2) is 10.0. The summed E-state index contributed by atoms with van der Waals surface area (Å²) in [6.07, 6.45) is 1.77. The van der Waals surface area contributed by atoms with Gasteiger partial charge in [-0.1, -0.05) is 46.8 Å². The normalized spacial score (nSPS) is 11.6. The van der Waals surface area contributed by atoms with E-state index in [0.717, 1.165) is 34.3 Å². The maximum Gasteiger partial charge on any atom is 0.266 e. The zero-order valence-corrected chi connectivity index (χ0v) is 21.7. The second-order valence-electron chi connectivity index (χ2n) is 9.64. The van der Waals surface area contributed by atoms with Crippen molar-refractivity contribution < 1.29 is 9.59 Å². The van der Waals surface area contributed by atoms with Gasteiger partial charge in [0, 0.05) is 29.7 Å². The fourth-order valence-electron chi connectivity index (χ4n) is 4.02. The molecule has 0 saturated heterocycles. The molecule has 0 aliphatic carbocycles. The highest BCUT2D eigenvalue weighted by molar-refractivity contribution is 7.21. The van der Waals surface area contributed by atoms with Crippen molar-refractivity contribution >= 4 is 39.1 Å². The lowest BCUT2D eigenvalue weighted by Gasteiger charge is -2.21. The number of rotatable bonds is 7. The molecular weight excluding hydrogens is 430 g/mol. The first-order valence-corrected chi connectivity index (χ1v) is 12.5. The first kappa shape index (κ1) is 24.9. The number of nitrogens with zero attached hydrogens (tertiary/aromatic N) is 2. The van der Waals surface area contributed by atoms with Crippen molar-refractivity contribution in [3.05, 3.63) is 57.6 Å². The monoisotopic (exact) mass is 465 g/mol. The molecule has 3 rings (SSSR count). The van der Waals surface area contributed by atoms with Crippen LogP contribution in [0.2, 0.25) is 0 Å². The van der Waals surface area contributed by atoms with Crippen molar-refractivity contribution in [3.8, 4) is 0 Å². The minimum atomic E-state index is -0.221. The summed E-state index contributed by atoms with van der Waals surface area (Å²) in [6.45, 7) is 15.9. The standard InChI is InChI=1S/C27H35N3O2S/c1-8-14-30(15-9-2)26(32)23-22(21-17(3)16-18(4)28-25(21)33-23)29-24(31)19-10-12-20(13-11-19)27(5,6)7/h10-13,16H,8-9,14-15H2,1-7H3,(H,29,31). The molecule has 0 aliphatic rings. The van der Waals surface area contributed by atoms with Gasteiger partial charge in [-0.05, 0) is 61.4 Å². The van der Waals surface area contributed by atoms with E-state index in [1.807, 2.05) is 49.1 Å². The van der Waals surface area contributed by atoms with Gasteiger partial charge in [-0.3, -0.25) is 9.59 Å². The fourth-order valence-corrected chi connectivity index (χ4v) is 5.24. The van der Waals surface area contributed by atoms with Crippen molar-refractivity contribution in [1.82, 2.24) is 9.88 Å². The average molecular weight is 466 g/mol. The number of amides is 2. The van der Waals surface area contributed by atoms with Crippen molar-refractivity contribution in [2.24, 2.45) is 0 Å². The van der Waals surface area contributed by atoms with E-state index in [-0.39, 0.29) is 17.2 Å². The van der Waals surface area contributed by atoms with Crippen molar-refractivity contribution in [1.29, 1.82) is 0 Å². The lowest BCUT2D eigenvalue weighted by molar-refractivity contribution is 0.0761. The summed E-state index contributed by atoms with van der Waals surface area (Å²) in [7, 11) is 0. The summed E-state index contributed by atoms with van der Waals surface area (Å²) < 4.78 is 0. The third-order valence-corrected chi connectivity index (χ3v) is 6.78. The molecule has 0 fully saturated rings. The number of pyridine rings is 1. The summed E-state index contributed by atoms with van der Waals surface area (Å²) in [5, 5.41) is 3.92. The topological polar surface area (TPSA) is 62.3 Å². The van der Waals surface area contributed by atoms with Crippen LogP contribution in [0.15, 0.2) is 30.3 Å². The Labute approximate surface area is 201 Å². The van der Waals surface area contributed by atoms with E-state index in [0.29, 0.717) is 29.2 Å². The summed E-state index contributed by atoms with van der Waals surface area (Å²) in [5.41, 5.74) is 4.23.